The highest BCUT2D eigenvalue weighted by molar-refractivity contribution is 6.34. The van der Waals surface area contributed by atoms with Crippen molar-refractivity contribution in [3.05, 3.63) is 46.9 Å². The quantitative estimate of drug-likeness (QED) is 0.381. The van der Waals surface area contributed by atoms with E-state index in [0.29, 0.717) is 22.2 Å². The molecule has 1 aliphatic rings. The van der Waals surface area contributed by atoms with Gasteiger partial charge in [-0.1, -0.05) is 17.7 Å². The van der Waals surface area contributed by atoms with Gasteiger partial charge in [-0.3, -0.25) is 4.79 Å². The van der Waals surface area contributed by atoms with Crippen LogP contribution in [0.15, 0.2) is 30.6 Å². The lowest BCUT2D eigenvalue weighted by atomic mass is 10.1. The molecule has 0 aliphatic heterocycles. The van der Waals surface area contributed by atoms with Gasteiger partial charge in [0.1, 0.15) is 5.54 Å². The van der Waals surface area contributed by atoms with Gasteiger partial charge in [0.05, 0.1) is 22.9 Å². The van der Waals surface area contributed by atoms with E-state index in [1.807, 2.05) is 6.07 Å². The highest BCUT2D eigenvalue weighted by Crippen LogP contribution is 2.48. The molecule has 3 aromatic rings. The molecule has 8 nitrogen and oxygen atoms in total. The van der Waals surface area contributed by atoms with Crippen molar-refractivity contribution in [2.45, 2.75) is 36.7 Å². The van der Waals surface area contributed by atoms with E-state index >= 15 is 0 Å². The zero-order chi connectivity index (χ0) is 29.0. The van der Waals surface area contributed by atoms with Crippen LogP contribution in [0.2, 0.25) is 5.02 Å². The van der Waals surface area contributed by atoms with Crippen LogP contribution in [0.1, 0.15) is 28.9 Å². The van der Waals surface area contributed by atoms with Gasteiger partial charge in [-0.2, -0.15) is 50.6 Å². The maximum absolute atomic E-state index is 14.2. The van der Waals surface area contributed by atoms with Crippen molar-refractivity contribution in [1.82, 2.24) is 24.9 Å². The van der Waals surface area contributed by atoms with Gasteiger partial charge < -0.3 is 10.1 Å². The Kier molecular flexibility index (Phi) is 6.78. The van der Waals surface area contributed by atoms with Crippen molar-refractivity contribution in [3.8, 4) is 28.8 Å². The Morgan fingerprint density at radius 1 is 1.18 bits per heavy atom. The molecule has 1 N–H and O–H groups in total. The van der Waals surface area contributed by atoms with Crippen molar-refractivity contribution in [2.24, 2.45) is 7.05 Å². The Balaban J connectivity index is 1.74. The number of benzene rings is 1. The molecule has 1 fully saturated rings. The molecule has 0 saturated heterocycles. The van der Waals surface area contributed by atoms with Gasteiger partial charge in [-0.15, -0.1) is 0 Å². The smallest absolute Gasteiger partial charge is 0.459 e. The Morgan fingerprint density at radius 2 is 1.85 bits per heavy atom. The number of nitrogens with one attached hydrogen (secondary N) is 1. The summed E-state index contributed by atoms with van der Waals surface area (Å²) < 4.78 is 111. The predicted molar refractivity (Wildman–Crippen MR) is 117 cm³/mol. The van der Waals surface area contributed by atoms with Crippen LogP contribution in [0.5, 0.6) is 5.75 Å². The molecule has 0 bridgehead atoms. The number of nitrogens with zero attached hydrogens (tertiary/aromatic N) is 5. The number of halogens is 9. The Bertz CT molecular complexity index is 1470. The zero-order valence-corrected chi connectivity index (χ0v) is 20.2. The van der Waals surface area contributed by atoms with Crippen molar-refractivity contribution >= 4 is 17.5 Å². The van der Waals surface area contributed by atoms with Gasteiger partial charge in [0, 0.05) is 18.8 Å². The second-order valence-electron chi connectivity index (χ2n) is 8.62. The van der Waals surface area contributed by atoms with Crippen molar-refractivity contribution in [2.75, 3.05) is 6.61 Å². The van der Waals surface area contributed by atoms with Crippen LogP contribution >= 0.6 is 11.6 Å². The van der Waals surface area contributed by atoms with Gasteiger partial charge in [-0.25, -0.2) is 9.36 Å². The molecule has 0 unspecified atom stereocenters. The second-order valence-corrected chi connectivity index (χ2v) is 9.02. The highest BCUT2D eigenvalue weighted by Gasteiger charge is 2.62. The molecule has 1 aromatic carbocycles. The van der Waals surface area contributed by atoms with E-state index in [4.69, 9.17) is 11.6 Å². The molecule has 208 valence electrons. The molecule has 39 heavy (non-hydrogen) atoms. The summed E-state index contributed by atoms with van der Waals surface area (Å²) in [7, 11) is 0.917. The van der Waals surface area contributed by atoms with Crippen LogP contribution in [0.3, 0.4) is 0 Å². The SMILES string of the molecule is Cn1nc(C(F)(F)C(F)(F)F)c(OCC(F)(F)F)c1-n1cc(-c2ccc(Cl)c(C(=O)NC3(C#N)CC3)c2)cn1. The summed E-state index contributed by atoms with van der Waals surface area (Å²) in [6, 6.07) is 6.09. The van der Waals surface area contributed by atoms with E-state index in [9.17, 15) is 45.2 Å². The molecule has 2 heterocycles. The fourth-order valence-corrected chi connectivity index (χ4v) is 3.72. The number of hydrogen-bond donors (Lipinski definition) is 1. The fourth-order valence-electron chi connectivity index (χ4n) is 3.52. The first-order chi connectivity index (χ1) is 18.0. The first-order valence-electron chi connectivity index (χ1n) is 10.8. The number of alkyl halides is 8. The third kappa shape index (κ3) is 5.49. The van der Waals surface area contributed by atoms with Gasteiger partial charge in [0.2, 0.25) is 0 Å². The van der Waals surface area contributed by atoms with Crippen molar-refractivity contribution in [3.63, 3.8) is 0 Å². The van der Waals surface area contributed by atoms with E-state index in [-0.39, 0.29) is 21.7 Å². The molecule has 17 heteroatoms. The van der Waals surface area contributed by atoms with Gasteiger partial charge >= 0.3 is 18.3 Å². The summed E-state index contributed by atoms with van der Waals surface area (Å²) >= 11 is 6.12. The van der Waals surface area contributed by atoms with Crippen LogP contribution in [-0.4, -0.2) is 50.0 Å². The summed E-state index contributed by atoms with van der Waals surface area (Å²) in [6.45, 7) is -2.18. The number of aromatic nitrogens is 4. The summed E-state index contributed by atoms with van der Waals surface area (Å²) in [5.74, 6) is -8.53. The van der Waals surface area contributed by atoms with E-state index in [2.05, 4.69) is 20.3 Å². The minimum Gasteiger partial charge on any atom is -0.478 e. The fraction of sp³-hybridized carbons (Fsp3) is 0.364. The standard InChI is InChI=1S/C22H15ClF8N6O2/c1-36-18(15(39-10-20(24,25)26)16(35-36)21(27,28)22(29,30)31)37-8-12(7-33-37)11-2-3-14(23)13(6-11)17(38)34-19(9-32)4-5-19/h2-3,6-8H,4-5,10H2,1H3,(H,34,38). The highest BCUT2D eigenvalue weighted by atomic mass is 35.5. The van der Waals surface area contributed by atoms with Crippen LogP contribution in [0.4, 0.5) is 35.1 Å². The van der Waals surface area contributed by atoms with E-state index in [0.717, 1.165) is 19.4 Å². The van der Waals surface area contributed by atoms with Crippen LogP contribution in [0.25, 0.3) is 16.9 Å². The third-order valence-corrected chi connectivity index (χ3v) is 6.00. The first-order valence-corrected chi connectivity index (χ1v) is 11.2. The molecular formula is C22H15ClF8N6O2. The average Bonchev–Trinajstić information content (AvgIpc) is 3.28. The van der Waals surface area contributed by atoms with E-state index in [1.165, 1.54) is 18.2 Å². The Morgan fingerprint density at radius 3 is 2.41 bits per heavy atom. The number of ether oxygens (including phenoxy) is 1. The van der Waals surface area contributed by atoms with Crippen molar-refractivity contribution < 1.29 is 44.7 Å². The van der Waals surface area contributed by atoms with Gasteiger partial charge in [0.25, 0.3) is 5.91 Å². The monoisotopic (exact) mass is 582 g/mol. The van der Waals surface area contributed by atoms with Crippen LogP contribution in [-0.2, 0) is 13.0 Å². The Labute approximate surface area is 218 Å². The van der Waals surface area contributed by atoms with Crippen LogP contribution < -0.4 is 10.1 Å². The third-order valence-electron chi connectivity index (χ3n) is 5.67. The molecule has 2 aromatic heterocycles. The lowest BCUT2D eigenvalue weighted by Crippen LogP contribution is -2.35. The molecule has 0 atom stereocenters. The largest absolute Gasteiger partial charge is 0.478 e. The molecule has 1 aliphatic carbocycles. The van der Waals surface area contributed by atoms with Gasteiger partial charge in [0.15, 0.2) is 23.9 Å². The van der Waals surface area contributed by atoms with Crippen molar-refractivity contribution in [1.29, 1.82) is 5.26 Å². The minimum atomic E-state index is -6.19. The number of carbonyl (C=O) groups excluding carboxylic acids is 1. The zero-order valence-electron chi connectivity index (χ0n) is 19.5. The lowest BCUT2D eigenvalue weighted by molar-refractivity contribution is -0.291. The van der Waals surface area contributed by atoms with E-state index in [1.54, 1.807) is 0 Å². The number of nitriles is 1. The molecule has 1 saturated carbocycles. The summed E-state index contributed by atoms with van der Waals surface area (Å²) in [5.41, 5.74) is -2.65. The van der Waals surface area contributed by atoms with Crippen LogP contribution in [0, 0.1) is 11.3 Å². The lowest BCUT2D eigenvalue weighted by Gasteiger charge is -2.19. The second kappa shape index (κ2) is 9.40. The normalized spacial score (nSPS) is 15.1. The maximum atomic E-state index is 14.2. The summed E-state index contributed by atoms with van der Waals surface area (Å²) in [4.78, 5) is 12.7. The first kappa shape index (κ1) is 28.1. The number of aryl methyl sites for hydroxylation is 1. The topological polar surface area (TPSA) is 97.8 Å². The molecular weight excluding hydrogens is 568 g/mol. The predicted octanol–water partition coefficient (Wildman–Crippen LogP) is 5.31. The number of rotatable bonds is 7. The molecule has 0 spiro atoms. The van der Waals surface area contributed by atoms with Gasteiger partial charge in [-0.05, 0) is 30.5 Å². The maximum Gasteiger partial charge on any atom is 0.459 e. The number of hydrogen-bond acceptors (Lipinski definition) is 5. The summed E-state index contributed by atoms with van der Waals surface area (Å²) in [5, 5.41) is 18.7. The number of amides is 1. The molecule has 1 amide bonds. The Hall–Kier alpha value is -3.87. The number of carbonyl (C=O) groups is 1. The van der Waals surface area contributed by atoms with E-state index < -0.39 is 53.6 Å². The average molecular weight is 583 g/mol. The molecule has 0 radical (unpaired) electrons. The molecule has 4 rings (SSSR count). The summed E-state index contributed by atoms with van der Waals surface area (Å²) in [6.07, 6.45) is -8.14. The minimum absolute atomic E-state index is 0.0229.